The average Bonchev–Trinajstić information content (AvgIpc) is 2.69. The minimum atomic E-state index is 0.350. The second-order valence-electron chi connectivity index (χ2n) is 9.53. The summed E-state index contributed by atoms with van der Waals surface area (Å²) in [5, 5.41) is 0. The second-order valence-corrected chi connectivity index (χ2v) is 14.7. The minimum absolute atomic E-state index is 0.350. The van der Waals surface area contributed by atoms with Crippen molar-refractivity contribution in [2.24, 2.45) is 11.8 Å². The summed E-state index contributed by atoms with van der Waals surface area (Å²) in [4.78, 5) is 0. The highest BCUT2D eigenvalue weighted by molar-refractivity contribution is 7.58. The van der Waals surface area contributed by atoms with Gasteiger partial charge in [-0.1, -0.05) is 79.1 Å². The quantitative estimate of drug-likeness (QED) is 0.134. The van der Waals surface area contributed by atoms with Crippen molar-refractivity contribution in [1.29, 1.82) is 0 Å². The number of hydrogen-bond acceptors (Lipinski definition) is 0. The molecular weight excluding hydrogens is 374 g/mol. The molecule has 0 radical (unpaired) electrons. The van der Waals surface area contributed by atoms with E-state index in [-0.39, 0.29) is 0 Å². The van der Waals surface area contributed by atoms with E-state index in [1.54, 1.807) is 49.8 Å². The van der Waals surface area contributed by atoms with Gasteiger partial charge in [-0.25, -0.2) is 0 Å². The Labute approximate surface area is 182 Å². The Morgan fingerprint density at radius 1 is 0.464 bits per heavy atom. The molecule has 0 N–H and O–H groups in total. The molecule has 2 atom stereocenters. The molecule has 0 aliphatic heterocycles. The summed E-state index contributed by atoms with van der Waals surface area (Å²) in [6.45, 7) is 9.45. The molecule has 2 heteroatoms. The Hall–Kier alpha value is 0.860. The van der Waals surface area contributed by atoms with E-state index in [1.165, 1.54) is 77.0 Å². The highest BCUT2D eigenvalue weighted by Crippen LogP contribution is 2.52. The normalized spacial score (nSPS) is 19.5. The van der Waals surface area contributed by atoms with Crippen molar-refractivity contribution in [2.45, 2.75) is 118 Å². The van der Waals surface area contributed by atoms with Gasteiger partial charge in [0.1, 0.15) is 0 Å². The molecule has 1 aliphatic rings. The van der Waals surface area contributed by atoms with Crippen molar-refractivity contribution in [3.63, 3.8) is 0 Å². The summed E-state index contributed by atoms with van der Waals surface area (Å²) in [5.41, 5.74) is 0. The van der Waals surface area contributed by atoms with Crippen LogP contribution in [0.5, 0.6) is 0 Å². The van der Waals surface area contributed by atoms with E-state index in [1.807, 2.05) is 0 Å². The van der Waals surface area contributed by atoms with Crippen LogP contribution in [0.25, 0.3) is 0 Å². The van der Waals surface area contributed by atoms with Crippen LogP contribution >= 0.6 is 15.8 Å². The second kappa shape index (κ2) is 18.6. The fourth-order valence-corrected chi connectivity index (χ4v) is 10.9. The van der Waals surface area contributed by atoms with E-state index in [9.17, 15) is 0 Å². The van der Waals surface area contributed by atoms with E-state index in [4.69, 9.17) is 0 Å². The van der Waals surface area contributed by atoms with Gasteiger partial charge in [0.15, 0.2) is 0 Å². The summed E-state index contributed by atoms with van der Waals surface area (Å²) in [5.74, 6) is 2.27. The van der Waals surface area contributed by atoms with Crippen molar-refractivity contribution in [3.8, 4) is 0 Å². The van der Waals surface area contributed by atoms with Crippen molar-refractivity contribution in [3.05, 3.63) is 0 Å². The highest BCUT2D eigenvalue weighted by Gasteiger charge is 2.33. The lowest BCUT2D eigenvalue weighted by atomic mass is 9.76. The molecule has 0 bridgehead atoms. The topological polar surface area (TPSA) is 0 Å². The van der Waals surface area contributed by atoms with Crippen LogP contribution in [-0.4, -0.2) is 37.0 Å². The van der Waals surface area contributed by atoms with Crippen LogP contribution in [0, 0.1) is 11.8 Å². The molecule has 0 heterocycles. The first kappa shape index (κ1) is 26.9. The van der Waals surface area contributed by atoms with Gasteiger partial charge in [0, 0.05) is 0 Å². The molecular formula is C26H54P2. The number of unbranched alkanes of at least 4 members (excludes halogenated alkanes) is 8. The van der Waals surface area contributed by atoms with Crippen LogP contribution in [0.3, 0.4) is 0 Å². The largest absolute Gasteiger partial charge is 0.106 e. The summed E-state index contributed by atoms with van der Waals surface area (Å²) in [7, 11) is 0.701. The van der Waals surface area contributed by atoms with Gasteiger partial charge in [0.2, 0.25) is 0 Å². The Balaban J connectivity index is 2.44. The first-order valence-electron chi connectivity index (χ1n) is 13.2. The van der Waals surface area contributed by atoms with Crippen molar-refractivity contribution >= 4 is 15.8 Å². The maximum absolute atomic E-state index is 2.36. The molecule has 0 aromatic heterocycles. The Bertz CT molecular complexity index is 278. The zero-order chi connectivity index (χ0) is 20.5. The van der Waals surface area contributed by atoms with Crippen LogP contribution in [0.2, 0.25) is 0 Å². The Morgan fingerprint density at radius 3 is 0.964 bits per heavy atom. The first-order valence-corrected chi connectivity index (χ1v) is 17.0. The van der Waals surface area contributed by atoms with Crippen LogP contribution in [0.15, 0.2) is 0 Å². The Morgan fingerprint density at radius 2 is 0.750 bits per heavy atom. The van der Waals surface area contributed by atoms with Crippen molar-refractivity contribution < 1.29 is 0 Å². The van der Waals surface area contributed by atoms with Gasteiger partial charge < -0.3 is 0 Å². The maximum atomic E-state index is 2.36. The van der Waals surface area contributed by atoms with Crippen LogP contribution in [-0.2, 0) is 0 Å². The standard InChI is InChI=1S/C26H54P2/c1-5-9-13-19-27(20-14-10-6-2)23-25-17-18-26(25)24-28(21-15-11-7-3)22-16-12-8-4/h25-26H,5-24H2,1-4H3. The Kier molecular flexibility index (Phi) is 17.9. The predicted molar refractivity (Wildman–Crippen MR) is 137 cm³/mol. The number of hydrogen-bond donors (Lipinski definition) is 0. The van der Waals surface area contributed by atoms with Gasteiger partial charge in [0.25, 0.3) is 0 Å². The molecule has 1 saturated carbocycles. The number of rotatable bonds is 20. The van der Waals surface area contributed by atoms with Gasteiger partial charge in [0.05, 0.1) is 0 Å². The fourth-order valence-electron chi connectivity index (χ4n) is 4.71. The zero-order valence-electron chi connectivity index (χ0n) is 20.2. The van der Waals surface area contributed by atoms with Crippen molar-refractivity contribution in [1.82, 2.24) is 0 Å². The van der Waals surface area contributed by atoms with E-state index in [2.05, 4.69) is 27.7 Å². The minimum Gasteiger partial charge on any atom is -0.106 e. The molecule has 1 fully saturated rings. The van der Waals surface area contributed by atoms with Crippen LogP contribution in [0.1, 0.15) is 118 Å². The molecule has 1 aliphatic carbocycles. The summed E-state index contributed by atoms with van der Waals surface area (Å²) in [6, 6.07) is 0. The molecule has 28 heavy (non-hydrogen) atoms. The lowest BCUT2D eigenvalue weighted by molar-refractivity contribution is 0.226. The lowest BCUT2D eigenvalue weighted by Crippen LogP contribution is -2.31. The van der Waals surface area contributed by atoms with E-state index in [0.717, 1.165) is 11.8 Å². The lowest BCUT2D eigenvalue weighted by Gasteiger charge is -2.41. The molecule has 2 unspecified atom stereocenters. The van der Waals surface area contributed by atoms with E-state index >= 15 is 0 Å². The van der Waals surface area contributed by atoms with Gasteiger partial charge >= 0.3 is 0 Å². The molecule has 168 valence electrons. The molecule has 1 rings (SSSR count). The van der Waals surface area contributed by atoms with Crippen LogP contribution < -0.4 is 0 Å². The molecule has 0 nitrogen and oxygen atoms in total. The highest BCUT2D eigenvalue weighted by atomic mass is 31.1. The fraction of sp³-hybridized carbons (Fsp3) is 1.00. The molecule has 0 spiro atoms. The zero-order valence-corrected chi connectivity index (χ0v) is 22.0. The van der Waals surface area contributed by atoms with E-state index in [0.29, 0.717) is 15.8 Å². The third kappa shape index (κ3) is 12.5. The smallest absolute Gasteiger partial charge is 0.0295 e. The van der Waals surface area contributed by atoms with Gasteiger partial charge in [-0.2, -0.15) is 0 Å². The maximum Gasteiger partial charge on any atom is -0.0295 e. The average molecular weight is 429 g/mol. The van der Waals surface area contributed by atoms with Gasteiger partial charge in [-0.05, 0) is 87.3 Å². The van der Waals surface area contributed by atoms with Crippen molar-refractivity contribution in [2.75, 3.05) is 37.0 Å². The first-order chi connectivity index (χ1) is 13.7. The molecule has 0 saturated heterocycles. The van der Waals surface area contributed by atoms with E-state index < -0.39 is 0 Å². The predicted octanol–water partition coefficient (Wildman–Crippen LogP) is 9.74. The third-order valence-electron chi connectivity index (χ3n) is 6.87. The molecule has 0 amide bonds. The van der Waals surface area contributed by atoms with Gasteiger partial charge in [-0.15, -0.1) is 15.8 Å². The monoisotopic (exact) mass is 428 g/mol. The van der Waals surface area contributed by atoms with Crippen LogP contribution in [0.4, 0.5) is 0 Å². The SMILES string of the molecule is CCCCCP(CCCCC)CC1CCC1CP(CCCCC)CCCCC. The third-order valence-corrected chi connectivity index (χ3v) is 12.6. The summed E-state index contributed by atoms with van der Waals surface area (Å²) >= 11 is 0. The summed E-state index contributed by atoms with van der Waals surface area (Å²) < 4.78 is 0. The summed E-state index contributed by atoms with van der Waals surface area (Å²) in [6.07, 6.45) is 30.4. The molecule has 0 aromatic rings. The molecule has 0 aromatic carbocycles. The van der Waals surface area contributed by atoms with Gasteiger partial charge in [-0.3, -0.25) is 0 Å².